The third-order valence-electron chi connectivity index (χ3n) is 4.65. The number of aromatic nitrogens is 1. The van der Waals surface area contributed by atoms with E-state index in [0.29, 0.717) is 23.8 Å². The van der Waals surface area contributed by atoms with E-state index in [1.165, 1.54) is 24.1 Å². The van der Waals surface area contributed by atoms with Gasteiger partial charge in [0.1, 0.15) is 5.60 Å². The molecule has 3 rings (SSSR count). The number of hydrogen-bond donors (Lipinski definition) is 2. The van der Waals surface area contributed by atoms with Crippen molar-refractivity contribution in [2.45, 2.75) is 63.1 Å². The molecule has 2 N–H and O–H groups in total. The van der Waals surface area contributed by atoms with Crippen molar-refractivity contribution in [2.24, 2.45) is 0 Å². The highest BCUT2D eigenvalue weighted by Crippen LogP contribution is 2.27. The molecule has 0 bridgehead atoms. The van der Waals surface area contributed by atoms with E-state index < -0.39 is 9.84 Å². The number of rotatable bonds is 7. The molecule has 2 heterocycles. The minimum Gasteiger partial charge on any atom is -0.462 e. The third-order valence-corrected chi connectivity index (χ3v) is 6.83. The first kappa shape index (κ1) is 25.5. The summed E-state index contributed by atoms with van der Waals surface area (Å²) in [5.74, 6) is 0.605. The molecule has 9 heteroatoms. The van der Waals surface area contributed by atoms with Gasteiger partial charge in [0.2, 0.25) is 0 Å². The second-order valence-corrected chi connectivity index (χ2v) is 11.5. The third kappa shape index (κ3) is 9.47. The second kappa shape index (κ2) is 11.7. The summed E-state index contributed by atoms with van der Waals surface area (Å²) < 4.78 is 27.4. The van der Waals surface area contributed by atoms with E-state index in [-0.39, 0.29) is 5.60 Å². The zero-order chi connectivity index (χ0) is 22.9. The predicted octanol–water partition coefficient (Wildman–Crippen LogP) is 3.26. The Hall–Kier alpha value is -1.81. The van der Waals surface area contributed by atoms with Crippen LogP contribution in [0.15, 0.2) is 34.5 Å². The molecule has 1 aliphatic heterocycles. The lowest BCUT2D eigenvalue weighted by Gasteiger charge is -2.20. The van der Waals surface area contributed by atoms with Crippen molar-refractivity contribution in [1.29, 1.82) is 0 Å². The number of carbonyl (C=O) groups is 1. The van der Waals surface area contributed by atoms with Crippen molar-refractivity contribution < 1.29 is 17.9 Å². The number of sulfone groups is 1. The quantitative estimate of drug-likeness (QED) is 0.603. The number of nitrogens with zero attached hydrogens (tertiary/aromatic N) is 1. The Kier molecular flexibility index (Phi) is 9.61. The molecule has 0 saturated carbocycles. The van der Waals surface area contributed by atoms with E-state index >= 15 is 0 Å². The van der Waals surface area contributed by atoms with Gasteiger partial charge in [0.05, 0.1) is 15.6 Å². The highest BCUT2D eigenvalue weighted by Gasteiger charge is 2.18. The van der Waals surface area contributed by atoms with Crippen molar-refractivity contribution in [2.75, 3.05) is 19.3 Å². The summed E-state index contributed by atoms with van der Waals surface area (Å²) in [5.41, 5.74) is 1.83. The molecule has 7 nitrogen and oxygen atoms in total. The molecule has 0 spiro atoms. The zero-order valence-corrected chi connectivity index (χ0v) is 20.3. The average molecular weight is 468 g/mol. The van der Waals surface area contributed by atoms with E-state index in [1.54, 1.807) is 23.5 Å². The molecule has 0 atom stereocenters. The van der Waals surface area contributed by atoms with E-state index in [0.717, 1.165) is 30.9 Å². The standard InChI is InChI=1S/C17H23N3O2S2.C5H10O2/c1-24(21,22)16-4-2-13(3-5-16)10-19-11-15-12-23-17(20-15)14-6-8-18-9-7-14;1-5(2,3)7-4-6/h2-5,12,14,18-19H,6-11H2,1H3;4H,1-3H3. The number of hydrogen-bond acceptors (Lipinski definition) is 8. The summed E-state index contributed by atoms with van der Waals surface area (Å²) >= 11 is 1.76. The van der Waals surface area contributed by atoms with E-state index in [1.807, 2.05) is 32.9 Å². The Bertz CT molecular complexity index is 913. The van der Waals surface area contributed by atoms with E-state index in [2.05, 4.69) is 20.8 Å². The number of piperidine rings is 1. The Morgan fingerprint density at radius 2 is 1.84 bits per heavy atom. The number of benzene rings is 1. The minimum absolute atomic E-state index is 0.318. The summed E-state index contributed by atoms with van der Waals surface area (Å²) in [4.78, 5) is 14.7. The second-order valence-electron chi connectivity index (χ2n) is 8.55. The highest BCUT2D eigenvalue weighted by molar-refractivity contribution is 7.90. The van der Waals surface area contributed by atoms with Crippen LogP contribution in [0.2, 0.25) is 0 Å². The zero-order valence-electron chi connectivity index (χ0n) is 18.7. The molecular formula is C22H33N3O4S2. The summed E-state index contributed by atoms with van der Waals surface area (Å²) in [6.07, 6.45) is 3.57. The SMILES string of the molecule is CC(C)(C)OC=O.CS(=O)(=O)c1ccc(CNCc2csc(C3CCNCC3)n2)cc1. The molecule has 1 aliphatic rings. The highest BCUT2D eigenvalue weighted by atomic mass is 32.2. The van der Waals surface area contributed by atoms with Gasteiger partial charge in [0.25, 0.3) is 6.47 Å². The smallest absolute Gasteiger partial charge is 0.293 e. The van der Waals surface area contributed by atoms with Crippen LogP contribution in [-0.2, 0) is 32.5 Å². The molecule has 0 amide bonds. The molecule has 1 saturated heterocycles. The van der Waals surface area contributed by atoms with Crippen molar-refractivity contribution >= 4 is 27.6 Å². The van der Waals surface area contributed by atoms with Crippen molar-refractivity contribution in [3.8, 4) is 0 Å². The fourth-order valence-electron chi connectivity index (χ4n) is 2.99. The van der Waals surface area contributed by atoms with Gasteiger partial charge < -0.3 is 15.4 Å². The molecule has 1 fully saturated rings. The number of nitrogens with one attached hydrogen (secondary N) is 2. The Morgan fingerprint density at radius 3 is 2.35 bits per heavy atom. The van der Waals surface area contributed by atoms with Gasteiger partial charge in [-0.2, -0.15) is 0 Å². The van der Waals surface area contributed by atoms with Crippen LogP contribution >= 0.6 is 11.3 Å². The number of carbonyl (C=O) groups excluding carboxylic acids is 1. The van der Waals surface area contributed by atoms with Gasteiger partial charge in [-0.05, 0) is 64.4 Å². The number of thiazole rings is 1. The van der Waals surface area contributed by atoms with Gasteiger partial charge in [0, 0.05) is 30.6 Å². The number of ether oxygens (including phenoxy) is 1. The summed E-state index contributed by atoms with van der Waals surface area (Å²) in [6.45, 7) is 9.52. The van der Waals surface area contributed by atoms with Crippen LogP contribution in [0.5, 0.6) is 0 Å². The normalized spacial score (nSPS) is 15.1. The first-order chi connectivity index (χ1) is 14.6. The van der Waals surface area contributed by atoms with Gasteiger partial charge in [-0.25, -0.2) is 13.4 Å². The molecular weight excluding hydrogens is 434 g/mol. The Morgan fingerprint density at radius 1 is 1.19 bits per heavy atom. The van der Waals surface area contributed by atoms with Crippen LogP contribution in [0.25, 0.3) is 0 Å². The average Bonchev–Trinajstić information content (AvgIpc) is 3.17. The van der Waals surface area contributed by atoms with Crippen LogP contribution < -0.4 is 10.6 Å². The molecule has 31 heavy (non-hydrogen) atoms. The van der Waals surface area contributed by atoms with Crippen molar-refractivity contribution in [1.82, 2.24) is 15.6 Å². The molecule has 0 unspecified atom stereocenters. The van der Waals surface area contributed by atoms with E-state index in [4.69, 9.17) is 4.98 Å². The first-order valence-electron chi connectivity index (χ1n) is 10.3. The Balaban J connectivity index is 0.000000423. The summed E-state index contributed by atoms with van der Waals surface area (Å²) in [7, 11) is -3.12. The predicted molar refractivity (Wildman–Crippen MR) is 124 cm³/mol. The topological polar surface area (TPSA) is 97.4 Å². The minimum atomic E-state index is -3.12. The van der Waals surface area contributed by atoms with Gasteiger partial charge in [0.15, 0.2) is 9.84 Å². The van der Waals surface area contributed by atoms with Gasteiger partial charge >= 0.3 is 0 Å². The molecule has 2 aromatic rings. The van der Waals surface area contributed by atoms with Crippen LogP contribution in [0, 0.1) is 0 Å². The fourth-order valence-corrected chi connectivity index (χ4v) is 4.62. The van der Waals surface area contributed by atoms with Gasteiger partial charge in [-0.15, -0.1) is 11.3 Å². The van der Waals surface area contributed by atoms with Crippen molar-refractivity contribution in [3.63, 3.8) is 0 Å². The largest absolute Gasteiger partial charge is 0.462 e. The van der Waals surface area contributed by atoms with E-state index in [9.17, 15) is 13.2 Å². The lowest BCUT2D eigenvalue weighted by atomic mass is 9.99. The lowest BCUT2D eigenvalue weighted by molar-refractivity contribution is -0.138. The summed E-state index contributed by atoms with van der Waals surface area (Å²) in [6, 6.07) is 7.02. The first-order valence-corrected chi connectivity index (χ1v) is 13.1. The fraction of sp³-hybridized carbons (Fsp3) is 0.545. The van der Waals surface area contributed by atoms with Crippen molar-refractivity contribution in [3.05, 3.63) is 45.9 Å². The molecule has 0 radical (unpaired) electrons. The van der Waals surface area contributed by atoms with Crippen LogP contribution in [0.3, 0.4) is 0 Å². The van der Waals surface area contributed by atoms with Crippen LogP contribution in [0.4, 0.5) is 0 Å². The molecule has 1 aromatic heterocycles. The maximum absolute atomic E-state index is 11.4. The maximum Gasteiger partial charge on any atom is 0.293 e. The van der Waals surface area contributed by atoms with Gasteiger partial charge in [-0.1, -0.05) is 12.1 Å². The van der Waals surface area contributed by atoms with Gasteiger partial charge in [-0.3, -0.25) is 4.79 Å². The molecule has 0 aliphatic carbocycles. The molecule has 1 aromatic carbocycles. The summed E-state index contributed by atoms with van der Waals surface area (Å²) in [5, 5.41) is 10.1. The van der Waals surface area contributed by atoms with Crippen LogP contribution in [0.1, 0.15) is 55.8 Å². The lowest BCUT2D eigenvalue weighted by Crippen LogP contribution is -2.26. The monoisotopic (exact) mass is 467 g/mol. The molecule has 172 valence electrons. The van der Waals surface area contributed by atoms with Crippen LogP contribution in [-0.4, -0.2) is 44.8 Å². The Labute approximate surface area is 189 Å². The maximum atomic E-state index is 11.4.